The average molecular weight is 621 g/mol. The summed E-state index contributed by atoms with van der Waals surface area (Å²) in [7, 11) is 0. The highest BCUT2D eigenvalue weighted by Crippen LogP contribution is 2.36. The lowest BCUT2D eigenvalue weighted by atomic mass is 9.93. The number of rotatable bonds is 9. The molecule has 45 heavy (non-hydrogen) atoms. The van der Waals surface area contributed by atoms with Gasteiger partial charge in [0, 0.05) is 29.7 Å². The number of benzene rings is 2. The first-order chi connectivity index (χ1) is 21.7. The summed E-state index contributed by atoms with van der Waals surface area (Å²) in [4.78, 5) is 23.5. The van der Waals surface area contributed by atoms with Crippen LogP contribution in [0, 0.1) is 0 Å². The van der Waals surface area contributed by atoms with E-state index in [2.05, 4.69) is 9.47 Å². The standard InChI is InChI=1S/C33H31F3N4O5/c34-33(35,36)25-4-1-3-21-15-24(45-31(21)25)19-44-30-6-2-5-26(38-30)20-9-12-39(13-10-20)18-29-37-27-8-7-22(32(41)42)16-28(27)40(29)17-23-11-14-43-23/h1-8,15-16,20,23H,9-14,17-19H2,(H,41,42)/t23-/m0/s1. The number of aromatic nitrogens is 3. The monoisotopic (exact) mass is 620 g/mol. The van der Waals surface area contributed by atoms with Crippen LogP contribution in [0.3, 0.4) is 0 Å². The van der Waals surface area contributed by atoms with Gasteiger partial charge < -0.3 is 23.6 Å². The zero-order chi connectivity index (χ0) is 31.1. The Labute approximate surface area is 256 Å². The lowest BCUT2D eigenvalue weighted by Gasteiger charge is -2.32. The van der Waals surface area contributed by atoms with Gasteiger partial charge in [0.05, 0.1) is 41.4 Å². The predicted molar refractivity (Wildman–Crippen MR) is 158 cm³/mol. The van der Waals surface area contributed by atoms with E-state index in [0.29, 0.717) is 24.4 Å². The molecule has 1 atom stereocenters. The third kappa shape index (κ3) is 6.12. The number of pyridine rings is 1. The quantitative estimate of drug-likeness (QED) is 0.196. The Morgan fingerprint density at radius 2 is 1.82 bits per heavy atom. The normalized spacial score (nSPS) is 18.0. The van der Waals surface area contributed by atoms with E-state index >= 15 is 0 Å². The third-order valence-corrected chi connectivity index (χ3v) is 8.63. The van der Waals surface area contributed by atoms with Crippen LogP contribution in [0.1, 0.15) is 58.4 Å². The number of hydrogen-bond donors (Lipinski definition) is 1. The summed E-state index contributed by atoms with van der Waals surface area (Å²) >= 11 is 0. The second-order valence-corrected chi connectivity index (χ2v) is 11.6. The highest BCUT2D eigenvalue weighted by molar-refractivity contribution is 5.92. The second-order valence-electron chi connectivity index (χ2n) is 11.6. The van der Waals surface area contributed by atoms with Crippen molar-refractivity contribution in [2.75, 3.05) is 19.7 Å². The molecule has 0 bridgehead atoms. The van der Waals surface area contributed by atoms with E-state index in [-0.39, 0.29) is 35.5 Å². The number of furan rings is 1. The summed E-state index contributed by atoms with van der Waals surface area (Å²) in [6.45, 7) is 3.65. The van der Waals surface area contributed by atoms with Crippen LogP contribution >= 0.6 is 0 Å². The molecule has 2 fully saturated rings. The maximum absolute atomic E-state index is 13.4. The zero-order valence-electron chi connectivity index (χ0n) is 24.3. The van der Waals surface area contributed by atoms with Crippen LogP contribution < -0.4 is 4.74 Å². The fraction of sp³-hybridized carbons (Fsp3) is 0.364. The van der Waals surface area contributed by atoms with Crippen molar-refractivity contribution < 1.29 is 37.0 Å². The highest BCUT2D eigenvalue weighted by Gasteiger charge is 2.34. The summed E-state index contributed by atoms with van der Waals surface area (Å²) in [6.07, 6.45) is -1.67. The molecule has 7 rings (SSSR count). The van der Waals surface area contributed by atoms with Gasteiger partial charge in [-0.25, -0.2) is 14.8 Å². The van der Waals surface area contributed by atoms with Gasteiger partial charge in [-0.15, -0.1) is 0 Å². The molecule has 5 heterocycles. The maximum Gasteiger partial charge on any atom is 0.420 e. The van der Waals surface area contributed by atoms with E-state index < -0.39 is 17.7 Å². The summed E-state index contributed by atoms with van der Waals surface area (Å²) in [6, 6.07) is 16.1. The number of fused-ring (bicyclic) bond motifs is 2. The molecule has 2 aliphatic rings. The Morgan fingerprint density at radius 3 is 2.56 bits per heavy atom. The van der Waals surface area contributed by atoms with Crippen molar-refractivity contribution in [1.82, 2.24) is 19.4 Å². The van der Waals surface area contributed by atoms with Gasteiger partial charge in [-0.3, -0.25) is 4.90 Å². The molecule has 5 aromatic rings. The van der Waals surface area contributed by atoms with Gasteiger partial charge in [0.1, 0.15) is 23.8 Å². The second kappa shape index (κ2) is 11.8. The largest absolute Gasteiger partial charge is 0.478 e. The lowest BCUT2D eigenvalue weighted by Crippen LogP contribution is -2.35. The first kappa shape index (κ1) is 29.3. The number of carboxylic acids is 1. The van der Waals surface area contributed by atoms with E-state index in [1.165, 1.54) is 6.07 Å². The Balaban J connectivity index is 0.999. The van der Waals surface area contributed by atoms with Crippen molar-refractivity contribution in [3.8, 4) is 5.88 Å². The van der Waals surface area contributed by atoms with E-state index in [4.69, 9.17) is 23.9 Å². The number of hydrogen-bond acceptors (Lipinski definition) is 7. The number of para-hydroxylation sites is 1. The van der Waals surface area contributed by atoms with Gasteiger partial charge >= 0.3 is 12.1 Å². The van der Waals surface area contributed by atoms with Crippen LogP contribution in [0.25, 0.3) is 22.0 Å². The summed E-state index contributed by atoms with van der Waals surface area (Å²) in [5, 5.41) is 9.88. The molecule has 1 N–H and O–H groups in total. The van der Waals surface area contributed by atoms with Gasteiger partial charge in [0.2, 0.25) is 5.88 Å². The van der Waals surface area contributed by atoms with E-state index in [1.807, 2.05) is 12.1 Å². The molecule has 2 saturated heterocycles. The molecular formula is C33H31F3N4O5. The van der Waals surface area contributed by atoms with Crippen LogP contribution in [-0.4, -0.2) is 56.3 Å². The number of nitrogens with zero attached hydrogens (tertiary/aromatic N) is 4. The molecule has 0 unspecified atom stereocenters. The topological polar surface area (TPSA) is 103 Å². The molecule has 0 spiro atoms. The Bertz CT molecular complexity index is 1850. The fourth-order valence-electron chi connectivity index (χ4n) is 6.14. The predicted octanol–water partition coefficient (Wildman–Crippen LogP) is 6.64. The minimum atomic E-state index is -4.51. The smallest absolute Gasteiger partial charge is 0.420 e. The molecule has 0 saturated carbocycles. The number of imidazole rings is 1. The minimum Gasteiger partial charge on any atom is -0.478 e. The van der Waals surface area contributed by atoms with Gasteiger partial charge in [-0.1, -0.05) is 18.2 Å². The average Bonchev–Trinajstić information content (AvgIpc) is 3.58. The van der Waals surface area contributed by atoms with Gasteiger partial charge in [-0.2, -0.15) is 13.2 Å². The van der Waals surface area contributed by atoms with Gasteiger partial charge in [-0.05, 0) is 68.8 Å². The molecule has 234 valence electrons. The van der Waals surface area contributed by atoms with Crippen molar-refractivity contribution >= 4 is 28.0 Å². The summed E-state index contributed by atoms with van der Waals surface area (Å²) in [5.41, 5.74) is 1.71. The van der Waals surface area contributed by atoms with E-state index in [1.54, 1.807) is 36.4 Å². The van der Waals surface area contributed by atoms with Crippen molar-refractivity contribution in [1.29, 1.82) is 0 Å². The number of carbonyl (C=O) groups is 1. The Kier molecular flexibility index (Phi) is 7.70. The van der Waals surface area contributed by atoms with Gasteiger partial charge in [0.15, 0.2) is 0 Å². The molecular weight excluding hydrogens is 589 g/mol. The molecule has 2 aromatic carbocycles. The van der Waals surface area contributed by atoms with Crippen LogP contribution in [0.2, 0.25) is 0 Å². The molecule has 0 amide bonds. The molecule has 0 aliphatic carbocycles. The minimum absolute atomic E-state index is 0.0399. The Hall–Kier alpha value is -4.42. The molecule has 0 radical (unpaired) electrons. The SMILES string of the molecule is O=C(O)c1ccc2nc(CN3CCC(c4cccc(OCc5cc6cccc(C(F)(F)F)c6o5)n4)CC3)n(C[C@@H]3CCO3)c2c1. The van der Waals surface area contributed by atoms with Gasteiger partial charge in [0.25, 0.3) is 0 Å². The third-order valence-electron chi connectivity index (χ3n) is 8.63. The highest BCUT2D eigenvalue weighted by atomic mass is 19.4. The van der Waals surface area contributed by atoms with E-state index in [9.17, 15) is 23.1 Å². The number of likely N-dealkylation sites (tertiary alicyclic amines) is 1. The summed E-state index contributed by atoms with van der Waals surface area (Å²) in [5.74, 6) is 0.828. The van der Waals surface area contributed by atoms with Crippen molar-refractivity contribution in [2.24, 2.45) is 0 Å². The maximum atomic E-state index is 13.4. The van der Waals surface area contributed by atoms with Crippen LogP contribution in [-0.2, 0) is 30.6 Å². The zero-order valence-corrected chi connectivity index (χ0v) is 24.3. The number of alkyl halides is 3. The summed E-state index contributed by atoms with van der Waals surface area (Å²) < 4.78 is 59.2. The van der Waals surface area contributed by atoms with E-state index in [0.717, 1.165) is 67.6 Å². The lowest BCUT2D eigenvalue weighted by molar-refractivity contribution is -0.136. The molecule has 9 nitrogen and oxygen atoms in total. The van der Waals surface area contributed by atoms with Crippen molar-refractivity contribution in [3.05, 3.63) is 89.1 Å². The number of halogens is 3. The number of aromatic carboxylic acids is 1. The van der Waals surface area contributed by atoms with Crippen molar-refractivity contribution in [2.45, 2.75) is 57.2 Å². The molecule has 12 heteroatoms. The van der Waals surface area contributed by atoms with Crippen LogP contribution in [0.15, 0.2) is 65.1 Å². The fourth-order valence-corrected chi connectivity index (χ4v) is 6.14. The molecule has 3 aromatic heterocycles. The molecule has 2 aliphatic heterocycles. The Morgan fingerprint density at radius 1 is 1.02 bits per heavy atom. The van der Waals surface area contributed by atoms with Crippen molar-refractivity contribution in [3.63, 3.8) is 0 Å². The van der Waals surface area contributed by atoms with Crippen LogP contribution in [0.4, 0.5) is 13.2 Å². The number of ether oxygens (including phenoxy) is 2. The first-order valence-corrected chi connectivity index (χ1v) is 15.0. The first-order valence-electron chi connectivity index (χ1n) is 15.0. The number of piperidine rings is 1. The van der Waals surface area contributed by atoms with Crippen LogP contribution in [0.5, 0.6) is 5.88 Å². The number of carboxylic acid groups (broad SMARTS) is 1.